The average molecular weight is 254 g/mol. The van der Waals surface area contributed by atoms with Gasteiger partial charge in [-0.1, -0.05) is 13.8 Å². The molecule has 0 aliphatic heterocycles. The molecule has 2 atom stereocenters. The van der Waals surface area contributed by atoms with Crippen LogP contribution in [0, 0.1) is 17.0 Å². The van der Waals surface area contributed by atoms with Crippen molar-refractivity contribution in [2.24, 2.45) is 0 Å². The zero-order valence-electron chi connectivity index (χ0n) is 11.7. The quantitative estimate of drug-likeness (QED) is 0.624. The molecule has 2 unspecified atom stereocenters. The molecule has 0 saturated heterocycles. The lowest BCUT2D eigenvalue weighted by atomic mass is 9.94. The summed E-state index contributed by atoms with van der Waals surface area (Å²) in [4.78, 5) is 10.9. The molecule has 0 aliphatic carbocycles. The van der Waals surface area contributed by atoms with Crippen molar-refractivity contribution in [2.45, 2.75) is 52.6 Å². The summed E-state index contributed by atoms with van der Waals surface area (Å²) in [6.07, 6.45) is 0.919. The van der Waals surface area contributed by atoms with Crippen LogP contribution in [0.2, 0.25) is 0 Å². The summed E-state index contributed by atoms with van der Waals surface area (Å²) in [7, 11) is 1.88. The summed E-state index contributed by atoms with van der Waals surface area (Å²) in [6.45, 7) is 8.38. The van der Waals surface area contributed by atoms with E-state index in [4.69, 9.17) is 0 Å². The maximum atomic E-state index is 11.2. The molecule has 1 aromatic heterocycles. The van der Waals surface area contributed by atoms with Gasteiger partial charge in [-0.2, -0.15) is 5.10 Å². The standard InChI is InChI=1S/C12H22N4O2/c1-6-10(13-5)8(3)11-12(16(17)18)9(4)14-15(11)7-2/h8,10,13H,6-7H2,1-5H3. The van der Waals surface area contributed by atoms with Crippen molar-refractivity contribution >= 4 is 5.69 Å². The third kappa shape index (κ3) is 2.53. The molecule has 6 nitrogen and oxygen atoms in total. The number of nitrogens with one attached hydrogen (secondary N) is 1. The maximum Gasteiger partial charge on any atom is 0.313 e. The van der Waals surface area contributed by atoms with Gasteiger partial charge in [0.25, 0.3) is 0 Å². The summed E-state index contributed by atoms with van der Waals surface area (Å²) in [6, 6.07) is 0.213. The van der Waals surface area contributed by atoms with Gasteiger partial charge in [0.1, 0.15) is 11.4 Å². The average Bonchev–Trinajstić information content (AvgIpc) is 2.67. The van der Waals surface area contributed by atoms with Crippen LogP contribution in [-0.4, -0.2) is 27.8 Å². The van der Waals surface area contributed by atoms with Crippen LogP contribution in [0.4, 0.5) is 5.69 Å². The first kappa shape index (κ1) is 14.6. The van der Waals surface area contributed by atoms with E-state index in [0.29, 0.717) is 12.2 Å². The van der Waals surface area contributed by atoms with Crippen LogP contribution in [0.1, 0.15) is 44.5 Å². The predicted molar refractivity (Wildman–Crippen MR) is 70.8 cm³/mol. The normalized spacial score (nSPS) is 14.5. The molecule has 1 heterocycles. The minimum atomic E-state index is -0.317. The van der Waals surface area contributed by atoms with E-state index in [2.05, 4.69) is 17.3 Å². The lowest BCUT2D eigenvalue weighted by Gasteiger charge is -2.22. The van der Waals surface area contributed by atoms with Crippen LogP contribution >= 0.6 is 0 Å². The van der Waals surface area contributed by atoms with Crippen molar-refractivity contribution in [3.63, 3.8) is 0 Å². The monoisotopic (exact) mass is 254 g/mol. The van der Waals surface area contributed by atoms with E-state index in [9.17, 15) is 10.1 Å². The fourth-order valence-corrected chi connectivity index (χ4v) is 2.51. The van der Waals surface area contributed by atoms with E-state index in [1.54, 1.807) is 11.6 Å². The molecule has 0 saturated carbocycles. The first-order valence-electron chi connectivity index (χ1n) is 6.36. The van der Waals surface area contributed by atoms with Gasteiger partial charge in [0, 0.05) is 18.5 Å². The molecule has 0 spiro atoms. The Bertz CT molecular complexity index is 424. The number of aryl methyl sites for hydroxylation is 2. The highest BCUT2D eigenvalue weighted by molar-refractivity contribution is 5.43. The molecule has 0 bridgehead atoms. The number of hydrogen-bond donors (Lipinski definition) is 1. The number of nitrogens with zero attached hydrogens (tertiary/aromatic N) is 3. The van der Waals surface area contributed by atoms with Gasteiger partial charge in [-0.15, -0.1) is 0 Å². The number of hydrogen-bond acceptors (Lipinski definition) is 4. The molecule has 18 heavy (non-hydrogen) atoms. The highest BCUT2D eigenvalue weighted by Crippen LogP contribution is 2.32. The molecule has 0 aliphatic rings. The van der Waals surface area contributed by atoms with Gasteiger partial charge in [-0.05, 0) is 27.3 Å². The van der Waals surface area contributed by atoms with Crippen LogP contribution in [0.3, 0.4) is 0 Å². The second-order valence-electron chi connectivity index (χ2n) is 4.48. The van der Waals surface area contributed by atoms with E-state index >= 15 is 0 Å². The number of aromatic nitrogens is 2. The van der Waals surface area contributed by atoms with Gasteiger partial charge >= 0.3 is 5.69 Å². The van der Waals surface area contributed by atoms with Crippen LogP contribution in [0.25, 0.3) is 0 Å². The molecule has 6 heteroatoms. The van der Waals surface area contributed by atoms with Gasteiger partial charge in [0.05, 0.1) is 4.92 Å². The summed E-state index contributed by atoms with van der Waals surface area (Å²) in [5, 5.41) is 18.7. The Labute approximate surface area is 108 Å². The highest BCUT2D eigenvalue weighted by atomic mass is 16.6. The zero-order valence-corrected chi connectivity index (χ0v) is 11.7. The maximum absolute atomic E-state index is 11.2. The lowest BCUT2D eigenvalue weighted by molar-refractivity contribution is -0.386. The second-order valence-corrected chi connectivity index (χ2v) is 4.48. The summed E-state index contributed by atoms with van der Waals surface area (Å²) in [5.74, 6) is 0.0570. The SMILES string of the molecule is CCC(NC)C(C)c1c([N+](=O)[O-])c(C)nn1CC. The molecule has 1 rings (SSSR count). The fraction of sp³-hybridized carbons (Fsp3) is 0.750. The predicted octanol–water partition coefficient (Wildman–Crippen LogP) is 2.22. The van der Waals surface area contributed by atoms with Crippen molar-refractivity contribution in [3.8, 4) is 0 Å². The molecule has 0 aromatic carbocycles. The Kier molecular flexibility index (Phi) is 4.84. The Morgan fingerprint density at radius 1 is 1.50 bits per heavy atom. The van der Waals surface area contributed by atoms with E-state index < -0.39 is 0 Å². The van der Waals surface area contributed by atoms with Gasteiger partial charge in [-0.25, -0.2) is 0 Å². The van der Waals surface area contributed by atoms with E-state index in [1.807, 2.05) is 20.9 Å². The summed E-state index contributed by atoms with van der Waals surface area (Å²) in [5.41, 5.74) is 1.38. The topological polar surface area (TPSA) is 73.0 Å². The van der Waals surface area contributed by atoms with Crippen LogP contribution in [0.15, 0.2) is 0 Å². The first-order valence-corrected chi connectivity index (χ1v) is 6.36. The van der Waals surface area contributed by atoms with Gasteiger partial charge in [-0.3, -0.25) is 14.8 Å². The lowest BCUT2D eigenvalue weighted by Crippen LogP contribution is -2.31. The van der Waals surface area contributed by atoms with E-state index in [0.717, 1.165) is 12.1 Å². The Morgan fingerprint density at radius 3 is 2.50 bits per heavy atom. The molecule has 0 fully saturated rings. The van der Waals surface area contributed by atoms with Crippen molar-refractivity contribution in [1.29, 1.82) is 0 Å². The molecular formula is C12H22N4O2. The minimum absolute atomic E-state index is 0.0570. The fourth-order valence-electron chi connectivity index (χ4n) is 2.51. The van der Waals surface area contributed by atoms with Crippen molar-refractivity contribution < 1.29 is 4.92 Å². The van der Waals surface area contributed by atoms with Gasteiger partial charge < -0.3 is 5.32 Å². The second kappa shape index (κ2) is 5.95. The largest absolute Gasteiger partial charge is 0.316 e. The third-order valence-electron chi connectivity index (χ3n) is 3.46. The molecule has 102 valence electrons. The van der Waals surface area contributed by atoms with Crippen LogP contribution < -0.4 is 5.32 Å². The Hall–Kier alpha value is -1.43. The minimum Gasteiger partial charge on any atom is -0.316 e. The van der Waals surface area contributed by atoms with Crippen molar-refractivity contribution in [3.05, 3.63) is 21.5 Å². The van der Waals surface area contributed by atoms with E-state index in [-0.39, 0.29) is 22.6 Å². The zero-order chi connectivity index (χ0) is 13.9. The first-order chi connectivity index (χ1) is 8.47. The van der Waals surface area contributed by atoms with Gasteiger partial charge in [0.2, 0.25) is 0 Å². The van der Waals surface area contributed by atoms with Gasteiger partial charge in [0.15, 0.2) is 0 Å². The van der Waals surface area contributed by atoms with E-state index in [1.165, 1.54) is 0 Å². The number of likely N-dealkylation sites (N-methyl/N-ethyl adjacent to an activating group) is 1. The summed E-state index contributed by atoms with van der Waals surface area (Å²) < 4.78 is 1.75. The number of rotatable bonds is 6. The third-order valence-corrected chi connectivity index (χ3v) is 3.46. The van der Waals surface area contributed by atoms with Crippen molar-refractivity contribution in [1.82, 2.24) is 15.1 Å². The molecule has 0 radical (unpaired) electrons. The number of nitro groups is 1. The van der Waals surface area contributed by atoms with Crippen LogP contribution in [-0.2, 0) is 6.54 Å². The molecular weight excluding hydrogens is 232 g/mol. The smallest absolute Gasteiger partial charge is 0.313 e. The molecule has 0 amide bonds. The van der Waals surface area contributed by atoms with Crippen LogP contribution in [0.5, 0.6) is 0 Å². The molecule has 1 N–H and O–H groups in total. The molecule has 1 aromatic rings. The summed E-state index contributed by atoms with van der Waals surface area (Å²) >= 11 is 0. The highest BCUT2D eigenvalue weighted by Gasteiger charge is 2.31. The van der Waals surface area contributed by atoms with Crippen molar-refractivity contribution in [2.75, 3.05) is 7.05 Å². The Balaban J connectivity index is 3.31. The Morgan fingerprint density at radius 2 is 2.11 bits per heavy atom.